The second kappa shape index (κ2) is 9.91. The predicted octanol–water partition coefficient (Wildman–Crippen LogP) is 3.29. The molecule has 6 nitrogen and oxygen atoms in total. The monoisotopic (exact) mass is 432 g/mol. The van der Waals surface area contributed by atoms with Gasteiger partial charge >= 0.3 is 0 Å². The summed E-state index contributed by atoms with van der Waals surface area (Å²) in [5.74, 6) is 0.346. The zero-order valence-corrected chi connectivity index (χ0v) is 18.1. The van der Waals surface area contributed by atoms with Crippen molar-refractivity contribution in [1.82, 2.24) is 10.2 Å². The molecular formula is C21H25ClN4O2S. The maximum atomic E-state index is 12.1. The Balaban J connectivity index is 1.50. The fourth-order valence-electron chi connectivity index (χ4n) is 3.08. The third-order valence-electron chi connectivity index (χ3n) is 4.75. The van der Waals surface area contributed by atoms with E-state index in [-0.39, 0.29) is 17.6 Å². The number of rotatable bonds is 5. The van der Waals surface area contributed by atoms with Gasteiger partial charge in [0.1, 0.15) is 5.75 Å². The largest absolute Gasteiger partial charge is 0.483 e. The molecule has 29 heavy (non-hydrogen) atoms. The van der Waals surface area contributed by atoms with Crippen molar-refractivity contribution in [3.05, 3.63) is 53.1 Å². The lowest BCUT2D eigenvalue weighted by molar-refractivity contribution is -0.121. The molecule has 1 heterocycles. The minimum Gasteiger partial charge on any atom is -0.483 e. The van der Waals surface area contributed by atoms with Gasteiger partial charge in [-0.2, -0.15) is 0 Å². The van der Waals surface area contributed by atoms with Gasteiger partial charge in [0.05, 0.1) is 10.7 Å². The van der Waals surface area contributed by atoms with Gasteiger partial charge in [-0.05, 0) is 56.0 Å². The molecule has 0 aromatic heterocycles. The van der Waals surface area contributed by atoms with Crippen LogP contribution in [0, 0.1) is 6.92 Å². The molecule has 3 rings (SSSR count). The Labute approximate surface area is 181 Å². The highest BCUT2D eigenvalue weighted by Gasteiger charge is 2.17. The molecule has 0 radical (unpaired) electrons. The van der Waals surface area contributed by atoms with Gasteiger partial charge in [0.25, 0.3) is 5.91 Å². The first-order valence-corrected chi connectivity index (χ1v) is 10.2. The molecular weight excluding hydrogens is 408 g/mol. The topological polar surface area (TPSA) is 56.8 Å². The number of anilines is 2. The van der Waals surface area contributed by atoms with Crippen molar-refractivity contribution in [1.29, 1.82) is 0 Å². The van der Waals surface area contributed by atoms with E-state index in [0.717, 1.165) is 43.1 Å². The zero-order valence-electron chi connectivity index (χ0n) is 16.6. The van der Waals surface area contributed by atoms with Crippen molar-refractivity contribution in [2.45, 2.75) is 6.92 Å². The fraction of sp³-hybridized carbons (Fsp3) is 0.333. The first kappa shape index (κ1) is 21.4. The molecule has 0 saturated carbocycles. The predicted molar refractivity (Wildman–Crippen MR) is 122 cm³/mol. The lowest BCUT2D eigenvalue weighted by Gasteiger charge is -2.34. The smallest absolute Gasteiger partial charge is 0.264 e. The van der Waals surface area contributed by atoms with Crippen LogP contribution < -0.4 is 20.3 Å². The number of nitrogens with one attached hydrogen (secondary N) is 2. The van der Waals surface area contributed by atoms with Gasteiger partial charge in [-0.15, -0.1) is 0 Å². The average Bonchev–Trinajstić information content (AvgIpc) is 2.68. The van der Waals surface area contributed by atoms with Gasteiger partial charge in [0.2, 0.25) is 0 Å². The first-order valence-electron chi connectivity index (χ1n) is 9.44. The van der Waals surface area contributed by atoms with Crippen LogP contribution in [0.5, 0.6) is 5.75 Å². The van der Waals surface area contributed by atoms with Crippen LogP contribution in [0.15, 0.2) is 42.5 Å². The number of amides is 1. The number of carbonyl (C=O) groups is 1. The second-order valence-electron chi connectivity index (χ2n) is 7.01. The standard InChI is InChI=1S/C21H25ClN4O2S/c1-15-5-3-4-6-19(15)28-14-20(27)24-21(29)23-16-7-8-18(17(22)13-16)26-11-9-25(2)10-12-26/h3-8,13H,9-12,14H2,1-2H3,(H2,23,24,27,29). The number of carbonyl (C=O) groups excluding carboxylic acids is 1. The van der Waals surface area contributed by atoms with Crippen molar-refractivity contribution >= 4 is 46.2 Å². The first-order chi connectivity index (χ1) is 13.9. The van der Waals surface area contributed by atoms with Crippen LogP contribution in [-0.4, -0.2) is 55.8 Å². The highest BCUT2D eigenvalue weighted by Crippen LogP contribution is 2.29. The number of ether oxygens (including phenoxy) is 1. The van der Waals surface area contributed by atoms with Gasteiger partial charge in [-0.1, -0.05) is 29.8 Å². The molecule has 2 N–H and O–H groups in total. The highest BCUT2D eigenvalue weighted by atomic mass is 35.5. The number of para-hydroxylation sites is 1. The van der Waals surface area contributed by atoms with Crippen LogP contribution in [0.25, 0.3) is 0 Å². The molecule has 1 fully saturated rings. The Kier molecular flexibility index (Phi) is 7.30. The summed E-state index contributed by atoms with van der Waals surface area (Å²) in [7, 11) is 2.12. The van der Waals surface area contributed by atoms with Crippen LogP contribution >= 0.6 is 23.8 Å². The van der Waals surface area contributed by atoms with Crippen molar-refractivity contribution in [2.75, 3.05) is 50.1 Å². The molecule has 1 aliphatic heterocycles. The fourth-order valence-corrected chi connectivity index (χ4v) is 3.61. The maximum Gasteiger partial charge on any atom is 0.264 e. The van der Waals surface area contributed by atoms with Crippen LogP contribution in [0.1, 0.15) is 5.56 Å². The quantitative estimate of drug-likeness (QED) is 0.707. The number of nitrogens with zero attached hydrogens (tertiary/aromatic N) is 2. The number of likely N-dealkylation sites (N-methyl/N-ethyl adjacent to an activating group) is 1. The number of benzene rings is 2. The van der Waals surface area contributed by atoms with E-state index in [2.05, 4.69) is 27.5 Å². The van der Waals surface area contributed by atoms with Crippen LogP contribution in [0.4, 0.5) is 11.4 Å². The minimum absolute atomic E-state index is 0.115. The highest BCUT2D eigenvalue weighted by molar-refractivity contribution is 7.80. The lowest BCUT2D eigenvalue weighted by atomic mass is 10.2. The summed E-state index contributed by atoms with van der Waals surface area (Å²) < 4.78 is 5.53. The molecule has 0 bridgehead atoms. The molecule has 0 unspecified atom stereocenters. The normalized spacial score (nSPS) is 14.4. The van der Waals surface area contributed by atoms with E-state index in [0.29, 0.717) is 10.8 Å². The van der Waals surface area contributed by atoms with Gasteiger partial charge in [0.15, 0.2) is 11.7 Å². The number of piperazine rings is 1. The Morgan fingerprint density at radius 3 is 2.59 bits per heavy atom. The zero-order chi connectivity index (χ0) is 20.8. The third kappa shape index (κ3) is 6.06. The molecule has 2 aromatic rings. The number of aryl methyl sites for hydroxylation is 1. The summed E-state index contributed by atoms with van der Waals surface area (Å²) in [6, 6.07) is 13.2. The van der Waals surface area contributed by atoms with Crippen molar-refractivity contribution in [3.8, 4) is 5.75 Å². The van der Waals surface area contributed by atoms with Crippen LogP contribution in [0.3, 0.4) is 0 Å². The molecule has 1 aliphatic rings. The van der Waals surface area contributed by atoms with Gasteiger partial charge in [0, 0.05) is 31.9 Å². The molecule has 154 valence electrons. The van der Waals surface area contributed by atoms with E-state index in [1.54, 1.807) is 0 Å². The molecule has 2 aromatic carbocycles. The summed E-state index contributed by atoms with van der Waals surface area (Å²) >= 11 is 11.7. The molecule has 1 amide bonds. The Morgan fingerprint density at radius 1 is 1.17 bits per heavy atom. The summed E-state index contributed by atoms with van der Waals surface area (Å²) in [6.07, 6.45) is 0. The van der Waals surface area contributed by atoms with Crippen LogP contribution in [-0.2, 0) is 4.79 Å². The van der Waals surface area contributed by atoms with E-state index in [1.807, 2.05) is 49.4 Å². The number of hydrogen-bond acceptors (Lipinski definition) is 5. The number of hydrogen-bond donors (Lipinski definition) is 2. The second-order valence-corrected chi connectivity index (χ2v) is 7.83. The summed E-state index contributed by atoms with van der Waals surface area (Å²) in [4.78, 5) is 16.7. The third-order valence-corrected chi connectivity index (χ3v) is 5.26. The molecule has 0 aliphatic carbocycles. The van der Waals surface area contributed by atoms with Crippen molar-refractivity contribution in [3.63, 3.8) is 0 Å². The minimum atomic E-state index is -0.328. The van der Waals surface area contributed by atoms with Gasteiger partial charge in [-0.25, -0.2) is 0 Å². The summed E-state index contributed by atoms with van der Waals surface area (Å²) in [6.45, 7) is 5.72. The molecule has 1 saturated heterocycles. The van der Waals surface area contributed by atoms with E-state index in [9.17, 15) is 4.79 Å². The summed E-state index contributed by atoms with van der Waals surface area (Å²) in [5.41, 5.74) is 2.70. The van der Waals surface area contributed by atoms with E-state index in [4.69, 9.17) is 28.6 Å². The number of halogens is 1. The Morgan fingerprint density at radius 2 is 1.90 bits per heavy atom. The summed E-state index contributed by atoms with van der Waals surface area (Å²) in [5, 5.41) is 6.46. The molecule has 0 atom stereocenters. The Bertz CT molecular complexity index is 885. The lowest BCUT2D eigenvalue weighted by Crippen LogP contribution is -2.44. The average molecular weight is 433 g/mol. The molecule has 8 heteroatoms. The van der Waals surface area contributed by atoms with Gasteiger partial charge < -0.3 is 19.9 Å². The van der Waals surface area contributed by atoms with E-state index < -0.39 is 0 Å². The van der Waals surface area contributed by atoms with E-state index >= 15 is 0 Å². The number of thiocarbonyl (C=S) groups is 1. The van der Waals surface area contributed by atoms with E-state index in [1.165, 1.54) is 0 Å². The SMILES string of the molecule is Cc1ccccc1OCC(=O)NC(=S)Nc1ccc(N2CCN(C)CC2)c(Cl)c1. The molecule has 0 spiro atoms. The van der Waals surface area contributed by atoms with Gasteiger partial charge in [-0.3, -0.25) is 10.1 Å². The van der Waals surface area contributed by atoms with Crippen LogP contribution in [0.2, 0.25) is 5.02 Å². The van der Waals surface area contributed by atoms with Crippen molar-refractivity contribution < 1.29 is 9.53 Å². The maximum absolute atomic E-state index is 12.1. The Hall–Kier alpha value is -2.35. The van der Waals surface area contributed by atoms with Crippen molar-refractivity contribution in [2.24, 2.45) is 0 Å².